The lowest BCUT2D eigenvalue weighted by atomic mass is 9.95. The Labute approximate surface area is 113 Å². The van der Waals surface area contributed by atoms with Crippen LogP contribution < -0.4 is 0 Å². The van der Waals surface area contributed by atoms with E-state index in [2.05, 4.69) is 0 Å². The lowest BCUT2D eigenvalue weighted by Crippen LogP contribution is -2.07. The van der Waals surface area contributed by atoms with Gasteiger partial charge in [-0.25, -0.2) is 22.0 Å². The molecule has 1 aromatic carbocycles. The van der Waals surface area contributed by atoms with E-state index in [1.54, 1.807) is 20.8 Å². The van der Waals surface area contributed by atoms with E-state index in [1.165, 1.54) is 0 Å². The Kier molecular flexibility index (Phi) is 3.48. The van der Waals surface area contributed by atoms with Gasteiger partial charge in [-0.2, -0.15) is 0 Å². The summed E-state index contributed by atoms with van der Waals surface area (Å²) in [5, 5.41) is 0. The first-order valence-corrected chi connectivity index (χ1v) is 6.10. The molecule has 20 heavy (non-hydrogen) atoms. The number of rotatable bonds is 1. The van der Waals surface area contributed by atoms with Gasteiger partial charge < -0.3 is 0 Å². The molecule has 1 aliphatic rings. The molecular formula is C15H13F5. The summed E-state index contributed by atoms with van der Waals surface area (Å²) in [5.41, 5.74) is 1.30. The Bertz CT molecular complexity index is 638. The number of allylic oxidation sites excluding steroid dienone is 4. The summed E-state index contributed by atoms with van der Waals surface area (Å²) in [7, 11) is 0. The van der Waals surface area contributed by atoms with Crippen LogP contribution in [0.4, 0.5) is 22.0 Å². The van der Waals surface area contributed by atoms with Gasteiger partial charge in [0.15, 0.2) is 23.3 Å². The second-order valence-electron chi connectivity index (χ2n) is 5.03. The van der Waals surface area contributed by atoms with E-state index < -0.39 is 34.6 Å². The maximum absolute atomic E-state index is 13.9. The molecule has 0 saturated heterocycles. The SMILES string of the molecule is CC1=C(C)C(C)C(C)=C1c1c(F)c(F)c(F)c(F)c1F. The van der Waals surface area contributed by atoms with E-state index in [4.69, 9.17) is 0 Å². The Morgan fingerprint density at radius 1 is 0.650 bits per heavy atom. The summed E-state index contributed by atoms with van der Waals surface area (Å²) in [6.07, 6.45) is 0. The van der Waals surface area contributed by atoms with E-state index in [0.717, 1.165) is 5.57 Å². The summed E-state index contributed by atoms with van der Waals surface area (Å²) in [6, 6.07) is 0. The highest BCUT2D eigenvalue weighted by molar-refractivity contribution is 5.85. The van der Waals surface area contributed by atoms with Gasteiger partial charge in [-0.3, -0.25) is 0 Å². The second-order valence-corrected chi connectivity index (χ2v) is 5.03. The predicted octanol–water partition coefficient (Wildman–Crippen LogP) is 5.14. The fourth-order valence-electron chi connectivity index (χ4n) is 2.57. The zero-order valence-electron chi connectivity index (χ0n) is 11.5. The number of hydrogen-bond donors (Lipinski definition) is 0. The van der Waals surface area contributed by atoms with E-state index in [9.17, 15) is 22.0 Å². The first-order valence-electron chi connectivity index (χ1n) is 6.10. The van der Waals surface area contributed by atoms with Crippen molar-refractivity contribution in [1.82, 2.24) is 0 Å². The van der Waals surface area contributed by atoms with Gasteiger partial charge in [0.05, 0.1) is 5.56 Å². The highest BCUT2D eigenvalue weighted by Gasteiger charge is 2.33. The molecule has 1 unspecified atom stereocenters. The molecule has 5 heteroatoms. The minimum Gasteiger partial charge on any atom is -0.203 e. The maximum Gasteiger partial charge on any atom is 0.200 e. The van der Waals surface area contributed by atoms with E-state index in [0.29, 0.717) is 11.1 Å². The molecule has 0 heterocycles. The molecule has 0 radical (unpaired) electrons. The van der Waals surface area contributed by atoms with Crippen molar-refractivity contribution in [3.8, 4) is 0 Å². The number of hydrogen-bond acceptors (Lipinski definition) is 0. The molecule has 0 aromatic heterocycles. The highest BCUT2D eigenvalue weighted by Crippen LogP contribution is 2.44. The van der Waals surface area contributed by atoms with Gasteiger partial charge in [-0.1, -0.05) is 18.1 Å². The first kappa shape index (κ1) is 14.8. The quantitative estimate of drug-likeness (QED) is 0.381. The molecule has 0 spiro atoms. The largest absolute Gasteiger partial charge is 0.203 e. The molecule has 1 atom stereocenters. The van der Waals surface area contributed by atoms with Crippen LogP contribution >= 0.6 is 0 Å². The Hall–Kier alpha value is -1.65. The van der Waals surface area contributed by atoms with E-state index >= 15 is 0 Å². The van der Waals surface area contributed by atoms with Gasteiger partial charge in [0.25, 0.3) is 0 Å². The van der Waals surface area contributed by atoms with Gasteiger partial charge >= 0.3 is 0 Å². The molecule has 0 amide bonds. The Balaban J connectivity index is 2.86. The molecule has 0 N–H and O–H groups in total. The molecule has 1 aromatic rings. The van der Waals surface area contributed by atoms with Gasteiger partial charge in [0, 0.05) is 0 Å². The molecule has 0 bridgehead atoms. The van der Waals surface area contributed by atoms with Crippen LogP contribution in [0.5, 0.6) is 0 Å². The average molecular weight is 288 g/mol. The molecule has 1 aliphatic carbocycles. The van der Waals surface area contributed by atoms with Crippen molar-refractivity contribution in [2.24, 2.45) is 5.92 Å². The van der Waals surface area contributed by atoms with Crippen molar-refractivity contribution >= 4 is 5.57 Å². The summed E-state index contributed by atoms with van der Waals surface area (Å²) in [5.74, 6) is -9.60. The average Bonchev–Trinajstić information content (AvgIpc) is 2.61. The molecule has 0 fully saturated rings. The zero-order valence-corrected chi connectivity index (χ0v) is 11.5. The lowest BCUT2D eigenvalue weighted by molar-refractivity contribution is 0.376. The zero-order chi connectivity index (χ0) is 15.4. The lowest BCUT2D eigenvalue weighted by Gasteiger charge is -2.12. The number of halogens is 5. The molecule has 0 aliphatic heterocycles. The normalized spacial score (nSPS) is 19.4. The summed E-state index contributed by atoms with van der Waals surface area (Å²) in [4.78, 5) is 0. The third kappa shape index (κ3) is 1.79. The van der Waals surface area contributed by atoms with Crippen LogP contribution in [-0.2, 0) is 0 Å². The van der Waals surface area contributed by atoms with Crippen LogP contribution in [0.3, 0.4) is 0 Å². The molecule has 108 valence electrons. The van der Waals surface area contributed by atoms with Crippen LogP contribution in [0.15, 0.2) is 16.7 Å². The van der Waals surface area contributed by atoms with Gasteiger partial charge in [0.1, 0.15) is 0 Å². The van der Waals surface area contributed by atoms with Crippen molar-refractivity contribution in [2.75, 3.05) is 0 Å². The third-order valence-corrected chi connectivity index (χ3v) is 4.12. The standard InChI is InChI=1S/C15H13F5/c1-5-6(2)8(4)9(7(5)3)10-11(16)13(18)15(20)14(19)12(10)17/h5H,1-4H3. The molecule has 0 nitrogen and oxygen atoms in total. The number of benzene rings is 1. The Morgan fingerprint density at radius 3 is 1.40 bits per heavy atom. The van der Waals surface area contributed by atoms with E-state index in [-0.39, 0.29) is 11.5 Å². The predicted molar refractivity (Wildman–Crippen MR) is 66.4 cm³/mol. The minimum absolute atomic E-state index is 0.0834. The van der Waals surface area contributed by atoms with E-state index in [1.807, 2.05) is 6.92 Å². The van der Waals surface area contributed by atoms with Gasteiger partial charge in [-0.15, -0.1) is 0 Å². The Morgan fingerprint density at radius 2 is 1.05 bits per heavy atom. The molecule has 2 rings (SSSR count). The summed E-state index contributed by atoms with van der Waals surface area (Å²) < 4.78 is 67.4. The van der Waals surface area contributed by atoms with Crippen molar-refractivity contribution in [2.45, 2.75) is 27.7 Å². The monoisotopic (exact) mass is 288 g/mol. The minimum atomic E-state index is -2.13. The highest BCUT2D eigenvalue weighted by atomic mass is 19.2. The maximum atomic E-state index is 13.9. The van der Waals surface area contributed by atoms with Gasteiger partial charge in [0.2, 0.25) is 5.82 Å². The van der Waals surface area contributed by atoms with Gasteiger partial charge in [-0.05, 0) is 37.8 Å². The smallest absolute Gasteiger partial charge is 0.200 e. The fraction of sp³-hybridized carbons (Fsp3) is 0.333. The molecule has 0 saturated carbocycles. The fourth-order valence-corrected chi connectivity index (χ4v) is 2.57. The van der Waals surface area contributed by atoms with Crippen LogP contribution in [-0.4, -0.2) is 0 Å². The topological polar surface area (TPSA) is 0 Å². The third-order valence-electron chi connectivity index (χ3n) is 4.12. The summed E-state index contributed by atoms with van der Waals surface area (Å²) in [6.45, 7) is 6.86. The summed E-state index contributed by atoms with van der Waals surface area (Å²) >= 11 is 0. The second kappa shape index (κ2) is 4.72. The van der Waals surface area contributed by atoms with Crippen LogP contribution in [0.25, 0.3) is 5.57 Å². The van der Waals surface area contributed by atoms with Crippen molar-refractivity contribution in [3.63, 3.8) is 0 Å². The van der Waals surface area contributed by atoms with Crippen LogP contribution in [0.2, 0.25) is 0 Å². The first-order chi connectivity index (χ1) is 9.20. The molecular weight excluding hydrogens is 275 g/mol. The van der Waals surface area contributed by atoms with Crippen molar-refractivity contribution in [1.29, 1.82) is 0 Å². The van der Waals surface area contributed by atoms with Crippen molar-refractivity contribution in [3.05, 3.63) is 51.4 Å². The van der Waals surface area contributed by atoms with Crippen LogP contribution in [0, 0.1) is 35.0 Å². The van der Waals surface area contributed by atoms with Crippen molar-refractivity contribution < 1.29 is 22.0 Å². The van der Waals surface area contributed by atoms with Crippen LogP contribution in [0.1, 0.15) is 33.3 Å².